The fourth-order valence-electron chi connectivity index (χ4n) is 3.08. The van der Waals surface area contributed by atoms with Gasteiger partial charge in [-0.15, -0.1) is 0 Å². The van der Waals surface area contributed by atoms with Crippen molar-refractivity contribution in [2.24, 2.45) is 11.8 Å². The highest BCUT2D eigenvalue weighted by Gasteiger charge is 2.40. The van der Waals surface area contributed by atoms with Crippen LogP contribution in [0.1, 0.15) is 38.7 Å². The van der Waals surface area contributed by atoms with Crippen LogP contribution >= 0.6 is 0 Å². The number of nitrogens with one attached hydrogen (secondary N) is 2. The van der Waals surface area contributed by atoms with Crippen molar-refractivity contribution in [3.05, 3.63) is 29.8 Å². The minimum Gasteiger partial charge on any atom is -0.273 e. The molecule has 0 saturated carbocycles. The molecule has 0 unspecified atom stereocenters. The fourth-order valence-corrected chi connectivity index (χ4v) is 4.76. The molecule has 0 bridgehead atoms. The number of hydrazine groups is 1. The lowest BCUT2D eigenvalue weighted by atomic mass is 9.98. The summed E-state index contributed by atoms with van der Waals surface area (Å²) in [5.74, 6) is -1.20. The third-order valence-electron chi connectivity index (χ3n) is 4.55. The number of rotatable bonds is 5. The van der Waals surface area contributed by atoms with Gasteiger partial charge < -0.3 is 0 Å². The van der Waals surface area contributed by atoms with Crippen LogP contribution in [0.15, 0.2) is 29.2 Å². The number of hydrogen-bond acceptors (Lipinski definition) is 4. The highest BCUT2D eigenvalue weighted by Crippen LogP contribution is 2.36. The summed E-state index contributed by atoms with van der Waals surface area (Å²) in [5.41, 5.74) is 3.41. The molecule has 0 radical (unpaired) electrons. The zero-order valence-electron chi connectivity index (χ0n) is 16.1. The summed E-state index contributed by atoms with van der Waals surface area (Å²) in [6.07, 6.45) is -4.27. The molecule has 1 saturated heterocycles. The van der Waals surface area contributed by atoms with E-state index in [1.54, 1.807) is 0 Å². The molecule has 0 atom stereocenters. The molecule has 1 heterocycles. The number of nitrogens with zero attached hydrogens (tertiary/aromatic N) is 1. The molecule has 2 rings (SSSR count). The summed E-state index contributed by atoms with van der Waals surface area (Å²) in [6.45, 7) is 3.53. The molecule has 0 aromatic heterocycles. The van der Waals surface area contributed by atoms with Crippen molar-refractivity contribution in [1.82, 2.24) is 15.2 Å². The highest BCUT2D eigenvalue weighted by molar-refractivity contribution is 7.89. The second-order valence-electron chi connectivity index (χ2n) is 7.31. The molecule has 1 aliphatic rings. The molecule has 162 valence electrons. The van der Waals surface area contributed by atoms with E-state index in [1.807, 2.05) is 13.8 Å². The lowest BCUT2D eigenvalue weighted by molar-refractivity contribution is -0.140. The molecular weight excluding hydrogens is 411 g/mol. The van der Waals surface area contributed by atoms with Gasteiger partial charge in [0.25, 0.3) is 0 Å². The summed E-state index contributed by atoms with van der Waals surface area (Å²) in [5, 5.41) is 0. The van der Waals surface area contributed by atoms with Gasteiger partial charge in [0.1, 0.15) is 0 Å². The van der Waals surface area contributed by atoms with Crippen LogP contribution in [0.4, 0.5) is 13.2 Å². The van der Waals surface area contributed by atoms with E-state index in [4.69, 9.17) is 0 Å². The molecule has 7 nitrogen and oxygen atoms in total. The Bertz CT molecular complexity index is 848. The Labute approximate surface area is 167 Å². The highest BCUT2D eigenvalue weighted by atomic mass is 32.2. The van der Waals surface area contributed by atoms with Gasteiger partial charge in [0.05, 0.1) is 10.5 Å². The lowest BCUT2D eigenvalue weighted by Gasteiger charge is -2.31. The van der Waals surface area contributed by atoms with Crippen molar-refractivity contribution in [2.75, 3.05) is 13.1 Å². The number of carbonyl (C=O) groups is 2. The molecule has 2 amide bonds. The maximum Gasteiger partial charge on any atom is 0.417 e. The van der Waals surface area contributed by atoms with Crippen LogP contribution in [0.2, 0.25) is 0 Å². The van der Waals surface area contributed by atoms with E-state index in [1.165, 1.54) is 6.07 Å². The topological polar surface area (TPSA) is 95.6 Å². The zero-order chi connectivity index (χ0) is 21.8. The number of piperidine rings is 1. The Morgan fingerprint density at radius 3 is 2.28 bits per heavy atom. The van der Waals surface area contributed by atoms with Gasteiger partial charge in [0.15, 0.2) is 0 Å². The van der Waals surface area contributed by atoms with Crippen LogP contribution in [0.25, 0.3) is 0 Å². The Balaban J connectivity index is 2.00. The number of sulfonamides is 1. The second-order valence-corrected chi connectivity index (χ2v) is 9.21. The number of benzene rings is 1. The first-order chi connectivity index (χ1) is 13.4. The van der Waals surface area contributed by atoms with Crippen molar-refractivity contribution in [1.29, 1.82) is 0 Å². The summed E-state index contributed by atoms with van der Waals surface area (Å²) in [4.78, 5) is 23.0. The number of hydrogen-bond donors (Lipinski definition) is 2. The Morgan fingerprint density at radius 1 is 1.14 bits per heavy atom. The Kier molecular flexibility index (Phi) is 7.28. The van der Waals surface area contributed by atoms with Gasteiger partial charge in [-0.2, -0.15) is 17.5 Å². The van der Waals surface area contributed by atoms with Gasteiger partial charge in [-0.25, -0.2) is 8.42 Å². The van der Waals surface area contributed by atoms with Gasteiger partial charge in [-0.1, -0.05) is 26.0 Å². The van der Waals surface area contributed by atoms with Crippen molar-refractivity contribution in [3.63, 3.8) is 0 Å². The van der Waals surface area contributed by atoms with Crippen LogP contribution in [0.5, 0.6) is 0 Å². The van der Waals surface area contributed by atoms with Crippen LogP contribution < -0.4 is 10.9 Å². The zero-order valence-corrected chi connectivity index (χ0v) is 16.9. The predicted octanol–water partition coefficient (Wildman–Crippen LogP) is 2.30. The van der Waals surface area contributed by atoms with Gasteiger partial charge in [0.2, 0.25) is 21.8 Å². The first kappa shape index (κ1) is 23.1. The largest absolute Gasteiger partial charge is 0.417 e. The third kappa shape index (κ3) is 5.92. The maximum absolute atomic E-state index is 13.2. The van der Waals surface area contributed by atoms with Crippen molar-refractivity contribution < 1.29 is 31.2 Å². The molecule has 0 spiro atoms. The van der Waals surface area contributed by atoms with Crippen molar-refractivity contribution in [2.45, 2.75) is 44.2 Å². The summed E-state index contributed by atoms with van der Waals surface area (Å²) in [7, 11) is -4.35. The molecule has 1 aromatic carbocycles. The van der Waals surface area contributed by atoms with Crippen LogP contribution in [0, 0.1) is 11.8 Å². The molecule has 1 fully saturated rings. The van der Waals surface area contributed by atoms with E-state index in [0.717, 1.165) is 22.5 Å². The predicted molar refractivity (Wildman–Crippen MR) is 98.7 cm³/mol. The van der Waals surface area contributed by atoms with Crippen molar-refractivity contribution in [3.8, 4) is 0 Å². The third-order valence-corrected chi connectivity index (χ3v) is 6.51. The molecule has 1 aliphatic heterocycles. The minimum absolute atomic E-state index is 0.0907. The van der Waals surface area contributed by atoms with Gasteiger partial charge in [-0.05, 0) is 30.9 Å². The average Bonchev–Trinajstić information content (AvgIpc) is 2.65. The fraction of sp³-hybridized carbons (Fsp3) is 0.556. The molecule has 1 aromatic rings. The minimum atomic E-state index is -4.80. The van der Waals surface area contributed by atoms with Crippen LogP contribution in [0.3, 0.4) is 0 Å². The molecule has 0 aliphatic carbocycles. The van der Waals surface area contributed by atoms with E-state index in [2.05, 4.69) is 10.9 Å². The lowest BCUT2D eigenvalue weighted by Crippen LogP contribution is -2.48. The SMILES string of the molecule is CC(C)CC(=O)NNC(=O)C1CCN(S(=O)(=O)c2ccccc2C(F)(F)F)CC1. The smallest absolute Gasteiger partial charge is 0.273 e. The van der Waals surface area contributed by atoms with E-state index < -0.39 is 38.5 Å². The number of alkyl halides is 3. The van der Waals surface area contributed by atoms with Gasteiger partial charge in [0, 0.05) is 25.4 Å². The molecule has 29 heavy (non-hydrogen) atoms. The molecule has 11 heteroatoms. The van der Waals surface area contributed by atoms with Gasteiger partial charge in [-0.3, -0.25) is 20.4 Å². The summed E-state index contributed by atoms with van der Waals surface area (Å²) >= 11 is 0. The maximum atomic E-state index is 13.2. The monoisotopic (exact) mass is 435 g/mol. The summed E-state index contributed by atoms with van der Waals surface area (Å²) < 4.78 is 65.9. The second kappa shape index (κ2) is 9.12. The van der Waals surface area contributed by atoms with Gasteiger partial charge >= 0.3 is 6.18 Å². The van der Waals surface area contributed by atoms with E-state index in [-0.39, 0.29) is 44.2 Å². The summed E-state index contributed by atoms with van der Waals surface area (Å²) in [6, 6.07) is 4.03. The first-order valence-electron chi connectivity index (χ1n) is 9.18. The van der Waals surface area contributed by atoms with E-state index in [9.17, 15) is 31.2 Å². The Hall–Kier alpha value is -2.14. The Morgan fingerprint density at radius 2 is 1.72 bits per heavy atom. The first-order valence-corrected chi connectivity index (χ1v) is 10.6. The molecular formula is C18H24F3N3O4S. The van der Waals surface area contributed by atoms with E-state index >= 15 is 0 Å². The van der Waals surface area contributed by atoms with Crippen LogP contribution in [-0.2, 0) is 25.8 Å². The van der Waals surface area contributed by atoms with Crippen LogP contribution in [-0.4, -0.2) is 37.6 Å². The van der Waals surface area contributed by atoms with Crippen molar-refractivity contribution >= 4 is 21.8 Å². The number of amides is 2. The average molecular weight is 435 g/mol. The molecule has 2 N–H and O–H groups in total. The quantitative estimate of drug-likeness (QED) is 0.694. The number of halogens is 3. The number of carbonyl (C=O) groups excluding carboxylic acids is 2. The normalized spacial score (nSPS) is 16.6. The van der Waals surface area contributed by atoms with E-state index in [0.29, 0.717) is 0 Å². The standard InChI is InChI=1S/C18H24F3N3O4S/c1-12(2)11-16(25)22-23-17(26)13-7-9-24(10-8-13)29(27,28)15-6-4-3-5-14(15)18(19,20)21/h3-6,12-13H,7-11H2,1-2H3,(H,22,25)(H,23,26).